The van der Waals surface area contributed by atoms with Gasteiger partial charge in [-0.2, -0.15) is 0 Å². The van der Waals surface area contributed by atoms with Gasteiger partial charge in [-0.1, -0.05) is 18.2 Å². The Morgan fingerprint density at radius 1 is 0.920 bits per heavy atom. The Hall–Kier alpha value is -2.47. The molecular weight excluding hydrogens is 340 g/mol. The molecule has 0 heterocycles. The third-order valence-electron chi connectivity index (χ3n) is 3.98. The van der Waals surface area contributed by atoms with Crippen LogP contribution in [-0.4, -0.2) is 33.0 Å². The van der Waals surface area contributed by atoms with Crippen molar-refractivity contribution in [3.63, 3.8) is 0 Å². The molecular formula is C19H20O5S. The molecule has 0 aliphatic carbocycles. The Labute approximate surface area is 147 Å². The number of carbonyl (C=O) groups excluding carboxylic acids is 2. The average Bonchev–Trinajstić information content (AvgIpc) is 2.54. The van der Waals surface area contributed by atoms with Gasteiger partial charge in [0.1, 0.15) is 0 Å². The monoisotopic (exact) mass is 360 g/mol. The quantitative estimate of drug-likeness (QED) is 0.605. The molecule has 0 atom stereocenters. The Balaban J connectivity index is 2.19. The summed E-state index contributed by atoms with van der Waals surface area (Å²) >= 11 is 0. The highest BCUT2D eigenvalue weighted by Gasteiger charge is 2.20. The van der Waals surface area contributed by atoms with Crippen LogP contribution in [0.25, 0.3) is 0 Å². The van der Waals surface area contributed by atoms with E-state index in [1.165, 1.54) is 18.2 Å². The van der Waals surface area contributed by atoms with Crippen LogP contribution < -0.4 is 0 Å². The van der Waals surface area contributed by atoms with Crippen molar-refractivity contribution in [3.8, 4) is 0 Å². The first kappa shape index (κ1) is 18.9. The fraction of sp³-hybridized carbons (Fsp3) is 0.263. The van der Waals surface area contributed by atoms with E-state index in [4.69, 9.17) is 4.74 Å². The summed E-state index contributed by atoms with van der Waals surface area (Å²) in [6.07, 6.45) is 1.02. The van der Waals surface area contributed by atoms with E-state index >= 15 is 0 Å². The molecule has 2 aromatic carbocycles. The topological polar surface area (TPSA) is 77.5 Å². The first-order chi connectivity index (χ1) is 11.6. The van der Waals surface area contributed by atoms with Crippen LogP contribution in [0.2, 0.25) is 0 Å². The zero-order valence-electron chi connectivity index (χ0n) is 14.6. The van der Waals surface area contributed by atoms with Crippen LogP contribution in [0.1, 0.15) is 37.4 Å². The van der Waals surface area contributed by atoms with Crippen LogP contribution >= 0.6 is 0 Å². The minimum absolute atomic E-state index is 0.0744. The molecule has 2 aromatic rings. The predicted octanol–water partition coefficient (Wildman–Crippen LogP) is 3.06. The molecule has 132 valence electrons. The molecule has 0 aromatic heterocycles. The van der Waals surface area contributed by atoms with Crippen molar-refractivity contribution in [2.45, 2.75) is 25.7 Å². The van der Waals surface area contributed by atoms with Gasteiger partial charge in [0, 0.05) is 11.8 Å². The number of hydrogen-bond acceptors (Lipinski definition) is 5. The normalized spacial score (nSPS) is 11.2. The summed E-state index contributed by atoms with van der Waals surface area (Å²) in [4.78, 5) is 24.5. The second-order valence-corrected chi connectivity index (χ2v) is 8.00. The smallest absolute Gasteiger partial charge is 0.339 e. The van der Waals surface area contributed by atoms with Gasteiger partial charge in [0.25, 0.3) is 0 Å². The molecule has 0 saturated carbocycles. The molecule has 0 spiro atoms. The molecule has 0 amide bonds. The summed E-state index contributed by atoms with van der Waals surface area (Å²) in [6, 6.07) is 9.44. The van der Waals surface area contributed by atoms with Gasteiger partial charge in [-0.3, -0.25) is 4.79 Å². The van der Waals surface area contributed by atoms with E-state index in [-0.39, 0.29) is 16.2 Å². The van der Waals surface area contributed by atoms with Crippen molar-refractivity contribution < 1.29 is 22.7 Å². The van der Waals surface area contributed by atoms with Gasteiger partial charge in [0.05, 0.1) is 10.5 Å². The number of ketones is 1. The lowest BCUT2D eigenvalue weighted by Gasteiger charge is -2.10. The molecule has 0 unspecified atom stereocenters. The maximum absolute atomic E-state index is 12.4. The standard InChI is InChI=1S/C19H20O5S/c1-12-9-14(3)16(10-13(12)2)17(20)11-24-19(21)15-7-5-6-8-18(15)25(4,22)23/h5-10H,11H2,1-4H3. The summed E-state index contributed by atoms with van der Waals surface area (Å²) in [7, 11) is -3.57. The number of ether oxygens (including phenoxy) is 1. The first-order valence-corrected chi connectivity index (χ1v) is 9.57. The maximum atomic E-state index is 12.4. The average molecular weight is 360 g/mol. The zero-order valence-corrected chi connectivity index (χ0v) is 15.4. The number of rotatable bonds is 5. The first-order valence-electron chi connectivity index (χ1n) is 7.68. The van der Waals surface area contributed by atoms with Gasteiger partial charge in [-0.05, 0) is 55.7 Å². The van der Waals surface area contributed by atoms with Crippen molar-refractivity contribution in [2.24, 2.45) is 0 Å². The lowest BCUT2D eigenvalue weighted by Crippen LogP contribution is -2.17. The Morgan fingerprint density at radius 2 is 1.52 bits per heavy atom. The Kier molecular flexibility index (Phi) is 5.42. The zero-order chi connectivity index (χ0) is 18.8. The summed E-state index contributed by atoms with van der Waals surface area (Å²) < 4.78 is 28.6. The van der Waals surface area contributed by atoms with Crippen LogP contribution in [-0.2, 0) is 14.6 Å². The number of Topliss-reactive ketones (excluding diaryl/α,β-unsaturated/α-hetero) is 1. The molecule has 5 nitrogen and oxygen atoms in total. The van der Waals surface area contributed by atoms with E-state index in [9.17, 15) is 18.0 Å². The van der Waals surface area contributed by atoms with Crippen molar-refractivity contribution in [1.29, 1.82) is 0 Å². The number of carbonyl (C=O) groups is 2. The minimum Gasteiger partial charge on any atom is -0.454 e. The second kappa shape index (κ2) is 7.19. The third kappa shape index (κ3) is 4.33. The van der Waals surface area contributed by atoms with Gasteiger partial charge >= 0.3 is 5.97 Å². The van der Waals surface area contributed by atoms with E-state index in [0.717, 1.165) is 22.9 Å². The van der Waals surface area contributed by atoms with E-state index in [0.29, 0.717) is 5.56 Å². The van der Waals surface area contributed by atoms with E-state index in [2.05, 4.69) is 0 Å². The molecule has 6 heteroatoms. The fourth-order valence-electron chi connectivity index (χ4n) is 2.51. The highest BCUT2D eigenvalue weighted by molar-refractivity contribution is 7.90. The lowest BCUT2D eigenvalue weighted by atomic mass is 9.98. The molecule has 0 aliphatic rings. The maximum Gasteiger partial charge on any atom is 0.339 e. The van der Waals surface area contributed by atoms with Gasteiger partial charge in [0.15, 0.2) is 16.4 Å². The van der Waals surface area contributed by atoms with Crippen molar-refractivity contribution in [3.05, 3.63) is 64.2 Å². The molecule has 2 rings (SSSR count). The molecule has 0 saturated heterocycles. The SMILES string of the molecule is Cc1cc(C)c(C(=O)COC(=O)c2ccccc2S(C)(=O)=O)cc1C. The third-order valence-corrected chi connectivity index (χ3v) is 5.14. The number of aryl methyl sites for hydroxylation is 3. The molecule has 0 aliphatic heterocycles. The van der Waals surface area contributed by atoms with Crippen LogP contribution in [0.15, 0.2) is 41.3 Å². The van der Waals surface area contributed by atoms with Gasteiger partial charge in [0.2, 0.25) is 5.78 Å². The molecule has 0 bridgehead atoms. The number of sulfone groups is 1. The van der Waals surface area contributed by atoms with Gasteiger partial charge in [-0.15, -0.1) is 0 Å². The highest BCUT2D eigenvalue weighted by atomic mass is 32.2. The van der Waals surface area contributed by atoms with Crippen LogP contribution in [0.4, 0.5) is 0 Å². The Bertz CT molecular complexity index is 942. The lowest BCUT2D eigenvalue weighted by molar-refractivity contribution is 0.0471. The largest absolute Gasteiger partial charge is 0.454 e. The van der Waals surface area contributed by atoms with Gasteiger partial charge < -0.3 is 4.74 Å². The second-order valence-electron chi connectivity index (χ2n) is 6.02. The number of hydrogen-bond donors (Lipinski definition) is 0. The van der Waals surface area contributed by atoms with Crippen molar-refractivity contribution in [1.82, 2.24) is 0 Å². The number of benzene rings is 2. The molecule has 0 fully saturated rings. The highest BCUT2D eigenvalue weighted by Crippen LogP contribution is 2.18. The van der Waals surface area contributed by atoms with Crippen molar-refractivity contribution in [2.75, 3.05) is 12.9 Å². The molecule has 0 radical (unpaired) electrons. The van der Waals surface area contributed by atoms with Crippen molar-refractivity contribution >= 4 is 21.6 Å². The summed E-state index contributed by atoms with van der Waals surface area (Å²) in [5, 5.41) is 0. The molecule has 0 N–H and O–H groups in total. The van der Waals surface area contributed by atoms with Crippen LogP contribution in [0.3, 0.4) is 0 Å². The van der Waals surface area contributed by atoms with E-state index in [1.807, 2.05) is 26.8 Å². The van der Waals surface area contributed by atoms with E-state index < -0.39 is 22.4 Å². The number of esters is 1. The minimum atomic E-state index is -3.57. The summed E-state index contributed by atoms with van der Waals surface area (Å²) in [5.41, 5.74) is 3.28. The summed E-state index contributed by atoms with van der Waals surface area (Å²) in [6.45, 7) is 5.24. The van der Waals surface area contributed by atoms with E-state index in [1.54, 1.807) is 12.1 Å². The summed E-state index contributed by atoms with van der Waals surface area (Å²) in [5.74, 6) is -1.17. The predicted molar refractivity (Wildman–Crippen MR) is 94.8 cm³/mol. The Morgan fingerprint density at radius 3 is 2.16 bits per heavy atom. The molecule has 25 heavy (non-hydrogen) atoms. The van der Waals surface area contributed by atoms with Crippen LogP contribution in [0.5, 0.6) is 0 Å². The fourth-order valence-corrected chi connectivity index (χ4v) is 3.38. The van der Waals surface area contributed by atoms with Crippen LogP contribution in [0, 0.1) is 20.8 Å². The van der Waals surface area contributed by atoms with Gasteiger partial charge in [-0.25, -0.2) is 13.2 Å².